The number of nitrogens with zero attached hydrogens (tertiary/aromatic N) is 1. The van der Waals surface area contributed by atoms with Crippen molar-refractivity contribution in [2.45, 2.75) is 40.3 Å². The molecular weight excluding hydrogens is 184 g/mol. The average molecular weight is 204 g/mol. The molecule has 0 aliphatic heterocycles. The van der Waals surface area contributed by atoms with Gasteiger partial charge in [0, 0.05) is 12.6 Å². The molecule has 0 atom stereocenters. The molecule has 2 heteroatoms. The number of nitrogens with one attached hydrogen (secondary N) is 1. The fraction of sp³-hybridized carbons (Fsp3) is 0.462. The van der Waals surface area contributed by atoms with Gasteiger partial charge in [-0.15, -0.1) is 0 Å². The number of nitriles is 1. The van der Waals surface area contributed by atoms with Gasteiger partial charge in [0.1, 0.15) is 0 Å². The van der Waals surface area contributed by atoms with E-state index in [9.17, 15) is 0 Å². The van der Waals surface area contributed by atoms with E-state index in [-0.39, 0.29) is 0 Å². The van der Waals surface area contributed by atoms with Crippen molar-refractivity contribution in [3.05, 3.63) is 35.4 Å². The van der Waals surface area contributed by atoms with E-state index in [1.54, 1.807) is 0 Å². The summed E-state index contributed by atoms with van der Waals surface area (Å²) in [6.45, 7) is 9.09. The first kappa shape index (κ1) is 13.7. The average Bonchev–Trinajstić information content (AvgIpc) is 2.30. The predicted molar refractivity (Wildman–Crippen MR) is 64.5 cm³/mol. The highest BCUT2D eigenvalue weighted by molar-refractivity contribution is 5.31. The molecule has 0 spiro atoms. The summed E-state index contributed by atoms with van der Waals surface area (Å²) in [5, 5.41) is 11.9. The van der Waals surface area contributed by atoms with Crippen LogP contribution in [-0.4, -0.2) is 6.04 Å². The Kier molecular flexibility index (Phi) is 7.31. The monoisotopic (exact) mass is 204 g/mol. The van der Waals surface area contributed by atoms with Gasteiger partial charge in [0.2, 0.25) is 0 Å². The molecule has 82 valence electrons. The Morgan fingerprint density at radius 3 is 2.13 bits per heavy atom. The van der Waals surface area contributed by atoms with E-state index in [4.69, 9.17) is 5.26 Å². The summed E-state index contributed by atoms with van der Waals surface area (Å²) in [6.07, 6.45) is 0. The van der Waals surface area contributed by atoms with Crippen LogP contribution in [0.25, 0.3) is 0 Å². The molecule has 1 N–H and O–H groups in total. The van der Waals surface area contributed by atoms with Gasteiger partial charge < -0.3 is 5.32 Å². The Labute approximate surface area is 92.9 Å². The third-order valence-electron chi connectivity index (χ3n) is 1.80. The summed E-state index contributed by atoms with van der Waals surface area (Å²) in [5.41, 5.74) is 1.93. The molecule has 0 radical (unpaired) electrons. The highest BCUT2D eigenvalue weighted by Crippen LogP contribution is 2.02. The van der Waals surface area contributed by atoms with Crippen LogP contribution >= 0.6 is 0 Å². The van der Waals surface area contributed by atoms with Crippen molar-refractivity contribution in [3.63, 3.8) is 0 Å². The maximum atomic E-state index is 8.58. The van der Waals surface area contributed by atoms with E-state index in [1.165, 1.54) is 5.56 Å². The molecule has 0 saturated heterocycles. The van der Waals surface area contributed by atoms with Crippen molar-refractivity contribution in [1.29, 1.82) is 5.26 Å². The lowest BCUT2D eigenvalue weighted by molar-refractivity contribution is 0.589. The third kappa shape index (κ3) is 5.87. The minimum Gasteiger partial charge on any atom is -0.310 e. The first-order valence-electron chi connectivity index (χ1n) is 5.45. The maximum absolute atomic E-state index is 8.58. The quantitative estimate of drug-likeness (QED) is 0.821. The second kappa shape index (κ2) is 8.02. The molecule has 15 heavy (non-hydrogen) atoms. The van der Waals surface area contributed by atoms with E-state index in [0.29, 0.717) is 11.6 Å². The van der Waals surface area contributed by atoms with Crippen LogP contribution in [0, 0.1) is 11.3 Å². The maximum Gasteiger partial charge on any atom is 0.0991 e. The van der Waals surface area contributed by atoms with Crippen molar-refractivity contribution >= 4 is 0 Å². The zero-order valence-electron chi connectivity index (χ0n) is 10.0. The SMILES string of the molecule is CC.CC(C)NCc1ccc(C#N)cc1. The van der Waals surface area contributed by atoms with E-state index in [2.05, 4.69) is 25.2 Å². The van der Waals surface area contributed by atoms with Crippen LogP contribution in [0.1, 0.15) is 38.8 Å². The Morgan fingerprint density at radius 1 is 1.20 bits per heavy atom. The zero-order valence-corrected chi connectivity index (χ0v) is 10.0. The van der Waals surface area contributed by atoms with Gasteiger partial charge in [0.25, 0.3) is 0 Å². The van der Waals surface area contributed by atoms with Crippen LogP contribution in [0.3, 0.4) is 0 Å². The molecule has 0 heterocycles. The molecule has 1 aromatic carbocycles. The standard InChI is InChI=1S/C11H14N2.C2H6/c1-9(2)13-8-11-5-3-10(7-12)4-6-11;1-2/h3-6,9,13H,8H2,1-2H3;1-2H3. The molecule has 0 amide bonds. The highest BCUT2D eigenvalue weighted by Gasteiger charge is 1.95. The molecule has 1 rings (SSSR count). The van der Waals surface area contributed by atoms with Crippen LogP contribution in [0.2, 0.25) is 0 Å². The Hall–Kier alpha value is -1.33. The lowest BCUT2D eigenvalue weighted by Crippen LogP contribution is -2.21. The summed E-state index contributed by atoms with van der Waals surface area (Å²) in [7, 11) is 0. The van der Waals surface area contributed by atoms with Gasteiger partial charge in [0.15, 0.2) is 0 Å². The van der Waals surface area contributed by atoms with E-state index in [1.807, 2.05) is 38.1 Å². The molecule has 0 fully saturated rings. The first-order valence-corrected chi connectivity index (χ1v) is 5.45. The van der Waals surface area contributed by atoms with Gasteiger partial charge in [-0.2, -0.15) is 5.26 Å². The van der Waals surface area contributed by atoms with Gasteiger partial charge in [-0.3, -0.25) is 0 Å². The second-order valence-corrected chi connectivity index (χ2v) is 3.34. The molecule has 1 aromatic rings. The summed E-state index contributed by atoms with van der Waals surface area (Å²) < 4.78 is 0. The highest BCUT2D eigenvalue weighted by atomic mass is 14.9. The smallest absolute Gasteiger partial charge is 0.0991 e. The number of hydrogen-bond donors (Lipinski definition) is 1. The molecule has 0 aliphatic rings. The summed E-state index contributed by atoms with van der Waals surface area (Å²) in [6, 6.07) is 10.2. The van der Waals surface area contributed by atoms with Crippen LogP contribution in [0.15, 0.2) is 24.3 Å². The second-order valence-electron chi connectivity index (χ2n) is 3.34. The van der Waals surface area contributed by atoms with Gasteiger partial charge in [-0.25, -0.2) is 0 Å². The fourth-order valence-electron chi connectivity index (χ4n) is 1.02. The first-order chi connectivity index (χ1) is 7.22. The molecule has 0 aromatic heterocycles. The van der Waals surface area contributed by atoms with Crippen molar-refractivity contribution in [2.75, 3.05) is 0 Å². The molecule has 0 bridgehead atoms. The molecule has 2 nitrogen and oxygen atoms in total. The predicted octanol–water partition coefficient (Wildman–Crippen LogP) is 3.08. The summed E-state index contributed by atoms with van der Waals surface area (Å²) in [5.74, 6) is 0. The number of benzene rings is 1. The van der Waals surface area contributed by atoms with Crippen molar-refractivity contribution in [1.82, 2.24) is 5.32 Å². The zero-order chi connectivity index (χ0) is 11.7. The van der Waals surface area contributed by atoms with Gasteiger partial charge >= 0.3 is 0 Å². The minimum atomic E-state index is 0.496. The van der Waals surface area contributed by atoms with Crippen molar-refractivity contribution in [2.24, 2.45) is 0 Å². The minimum absolute atomic E-state index is 0.496. The third-order valence-corrected chi connectivity index (χ3v) is 1.80. The van der Waals surface area contributed by atoms with Crippen LogP contribution in [-0.2, 0) is 6.54 Å². The van der Waals surface area contributed by atoms with Crippen LogP contribution < -0.4 is 5.32 Å². The van der Waals surface area contributed by atoms with Crippen LogP contribution in [0.5, 0.6) is 0 Å². The van der Waals surface area contributed by atoms with Gasteiger partial charge in [-0.05, 0) is 17.7 Å². The molecular formula is C13H20N2. The lowest BCUT2D eigenvalue weighted by atomic mass is 10.1. The largest absolute Gasteiger partial charge is 0.310 e. The molecule has 0 saturated carbocycles. The summed E-state index contributed by atoms with van der Waals surface area (Å²) in [4.78, 5) is 0. The Morgan fingerprint density at radius 2 is 1.73 bits per heavy atom. The normalized spacial score (nSPS) is 9.07. The fourth-order valence-corrected chi connectivity index (χ4v) is 1.02. The lowest BCUT2D eigenvalue weighted by Gasteiger charge is -2.07. The van der Waals surface area contributed by atoms with E-state index in [0.717, 1.165) is 6.54 Å². The Bertz CT molecular complexity index is 293. The van der Waals surface area contributed by atoms with Crippen LogP contribution in [0.4, 0.5) is 0 Å². The van der Waals surface area contributed by atoms with Crippen molar-refractivity contribution < 1.29 is 0 Å². The van der Waals surface area contributed by atoms with Gasteiger partial charge in [0.05, 0.1) is 11.6 Å². The van der Waals surface area contributed by atoms with E-state index >= 15 is 0 Å². The molecule has 0 aliphatic carbocycles. The number of rotatable bonds is 3. The topological polar surface area (TPSA) is 35.8 Å². The molecule has 0 unspecified atom stereocenters. The van der Waals surface area contributed by atoms with E-state index < -0.39 is 0 Å². The number of hydrogen-bond acceptors (Lipinski definition) is 2. The van der Waals surface area contributed by atoms with Gasteiger partial charge in [-0.1, -0.05) is 39.8 Å². The summed E-state index contributed by atoms with van der Waals surface area (Å²) >= 11 is 0. The Balaban J connectivity index is 0.000000921. The van der Waals surface area contributed by atoms with Crippen molar-refractivity contribution in [3.8, 4) is 6.07 Å².